The van der Waals surface area contributed by atoms with E-state index in [0.29, 0.717) is 6.42 Å². The fraction of sp³-hybridized carbons (Fsp3) is 0.500. The molecule has 0 aliphatic rings. The van der Waals surface area contributed by atoms with Crippen molar-refractivity contribution in [3.05, 3.63) is 36.0 Å². The summed E-state index contributed by atoms with van der Waals surface area (Å²) in [6, 6.07) is 10.9. The average Bonchev–Trinajstić information content (AvgIpc) is 2.84. The van der Waals surface area contributed by atoms with E-state index in [-0.39, 0.29) is 5.54 Å². The van der Waals surface area contributed by atoms with Crippen LogP contribution in [-0.2, 0) is 13.1 Å². The minimum absolute atomic E-state index is 0.117. The predicted octanol–water partition coefficient (Wildman–Crippen LogP) is 4.22. The lowest BCUT2D eigenvalue weighted by atomic mass is 10.1. The lowest BCUT2D eigenvalue weighted by molar-refractivity contribution is 0.424. The zero-order valence-corrected chi connectivity index (χ0v) is 13.3. The number of aromatic nitrogens is 1. The summed E-state index contributed by atoms with van der Waals surface area (Å²) < 4.78 is 2.33. The van der Waals surface area contributed by atoms with E-state index in [1.54, 1.807) is 0 Å². The number of rotatable bonds is 6. The number of hydrogen-bond donors (Lipinski definition) is 1. The van der Waals surface area contributed by atoms with Crippen LogP contribution in [0.3, 0.4) is 0 Å². The van der Waals surface area contributed by atoms with Gasteiger partial charge >= 0.3 is 0 Å². The predicted molar refractivity (Wildman–Crippen MR) is 88.0 cm³/mol. The van der Waals surface area contributed by atoms with E-state index >= 15 is 0 Å². The molecule has 2 aromatic rings. The molecule has 1 heterocycles. The number of nitrogens with one attached hydrogen (secondary N) is 1. The highest BCUT2D eigenvalue weighted by Gasteiger charge is 2.11. The van der Waals surface area contributed by atoms with Crippen molar-refractivity contribution in [3.63, 3.8) is 0 Å². The molecule has 0 saturated carbocycles. The highest BCUT2D eigenvalue weighted by molar-refractivity contribution is 5.83. The molecule has 21 heavy (non-hydrogen) atoms. The van der Waals surface area contributed by atoms with Crippen molar-refractivity contribution >= 4 is 10.9 Å². The van der Waals surface area contributed by atoms with Crippen LogP contribution in [0.25, 0.3) is 10.9 Å². The van der Waals surface area contributed by atoms with Crippen LogP contribution in [0.5, 0.6) is 0 Å². The van der Waals surface area contributed by atoms with Crippen LogP contribution in [0.1, 0.15) is 45.6 Å². The first-order valence-corrected chi connectivity index (χ1v) is 7.70. The Kier molecular flexibility index (Phi) is 5.03. The summed E-state index contributed by atoms with van der Waals surface area (Å²) in [7, 11) is 0. The first kappa shape index (κ1) is 15.6. The number of para-hydroxylation sites is 1. The SMILES string of the molecule is CC(C)(C)NCc1cccc2ccn(CCCCC#N)c12. The maximum Gasteiger partial charge on any atom is 0.0621 e. The summed E-state index contributed by atoms with van der Waals surface area (Å²) in [5.74, 6) is 0. The van der Waals surface area contributed by atoms with E-state index in [9.17, 15) is 0 Å². The van der Waals surface area contributed by atoms with Gasteiger partial charge < -0.3 is 9.88 Å². The molecular formula is C18H25N3. The second-order valence-corrected chi connectivity index (χ2v) is 6.58. The highest BCUT2D eigenvalue weighted by Crippen LogP contribution is 2.21. The fourth-order valence-corrected chi connectivity index (χ4v) is 2.52. The largest absolute Gasteiger partial charge is 0.347 e. The Morgan fingerprint density at radius 3 is 2.71 bits per heavy atom. The first-order valence-electron chi connectivity index (χ1n) is 7.70. The molecule has 1 aromatic carbocycles. The zero-order chi connectivity index (χ0) is 15.3. The van der Waals surface area contributed by atoms with E-state index in [2.05, 4.69) is 67.2 Å². The number of nitriles is 1. The van der Waals surface area contributed by atoms with Gasteiger partial charge in [0.15, 0.2) is 0 Å². The van der Waals surface area contributed by atoms with Gasteiger partial charge in [0.1, 0.15) is 0 Å². The molecule has 0 fully saturated rings. The highest BCUT2D eigenvalue weighted by atomic mass is 15.0. The quantitative estimate of drug-likeness (QED) is 0.806. The number of fused-ring (bicyclic) bond motifs is 1. The van der Waals surface area contributed by atoms with Crippen molar-refractivity contribution in [1.29, 1.82) is 5.26 Å². The molecule has 1 N–H and O–H groups in total. The Balaban J connectivity index is 2.17. The van der Waals surface area contributed by atoms with E-state index in [1.165, 1.54) is 16.5 Å². The summed E-state index contributed by atoms with van der Waals surface area (Å²) in [5, 5.41) is 13.5. The molecule has 0 unspecified atom stereocenters. The molecule has 0 bridgehead atoms. The number of benzene rings is 1. The Hall–Kier alpha value is -1.79. The smallest absolute Gasteiger partial charge is 0.0621 e. The monoisotopic (exact) mass is 283 g/mol. The van der Waals surface area contributed by atoms with Crippen molar-refractivity contribution in [3.8, 4) is 6.07 Å². The summed E-state index contributed by atoms with van der Waals surface area (Å²) in [6.07, 6.45) is 4.84. The van der Waals surface area contributed by atoms with Gasteiger partial charge in [0, 0.05) is 31.2 Å². The lowest BCUT2D eigenvalue weighted by Crippen LogP contribution is -2.35. The molecule has 3 nitrogen and oxygen atoms in total. The zero-order valence-electron chi connectivity index (χ0n) is 13.3. The normalized spacial score (nSPS) is 11.7. The fourth-order valence-electron chi connectivity index (χ4n) is 2.52. The number of unbranched alkanes of at least 4 members (excludes halogenated alkanes) is 2. The molecular weight excluding hydrogens is 258 g/mol. The molecule has 0 amide bonds. The van der Waals surface area contributed by atoms with Crippen LogP contribution in [0, 0.1) is 11.3 Å². The summed E-state index contributed by atoms with van der Waals surface area (Å²) in [4.78, 5) is 0. The van der Waals surface area contributed by atoms with Gasteiger partial charge in [0.25, 0.3) is 0 Å². The minimum Gasteiger partial charge on any atom is -0.347 e. The third-order valence-corrected chi connectivity index (χ3v) is 3.62. The van der Waals surface area contributed by atoms with Crippen LogP contribution in [-0.4, -0.2) is 10.1 Å². The van der Waals surface area contributed by atoms with Gasteiger partial charge in [0.2, 0.25) is 0 Å². The Labute approximate surface area is 127 Å². The number of hydrogen-bond acceptors (Lipinski definition) is 2. The molecule has 0 spiro atoms. The van der Waals surface area contributed by atoms with Gasteiger partial charge in [-0.2, -0.15) is 5.26 Å². The molecule has 1 aromatic heterocycles. The maximum absolute atomic E-state index is 8.62. The van der Waals surface area contributed by atoms with Crippen LogP contribution in [0.2, 0.25) is 0 Å². The van der Waals surface area contributed by atoms with E-state index in [1.807, 2.05) is 0 Å². The Morgan fingerprint density at radius 1 is 1.19 bits per heavy atom. The van der Waals surface area contributed by atoms with Crippen LogP contribution in [0.15, 0.2) is 30.5 Å². The molecule has 2 rings (SSSR count). The maximum atomic E-state index is 8.62. The van der Waals surface area contributed by atoms with Gasteiger partial charge in [-0.05, 0) is 50.6 Å². The second kappa shape index (κ2) is 6.78. The first-order chi connectivity index (χ1) is 10.0. The van der Waals surface area contributed by atoms with E-state index in [0.717, 1.165) is 25.9 Å². The van der Waals surface area contributed by atoms with Crippen molar-refractivity contribution in [1.82, 2.24) is 9.88 Å². The lowest BCUT2D eigenvalue weighted by Gasteiger charge is -2.21. The molecule has 3 heteroatoms. The Morgan fingerprint density at radius 2 is 2.00 bits per heavy atom. The molecule has 0 aliphatic heterocycles. The third kappa shape index (κ3) is 4.34. The van der Waals surface area contributed by atoms with Crippen molar-refractivity contribution < 1.29 is 0 Å². The van der Waals surface area contributed by atoms with E-state index in [4.69, 9.17) is 5.26 Å². The third-order valence-electron chi connectivity index (χ3n) is 3.62. The van der Waals surface area contributed by atoms with E-state index < -0.39 is 0 Å². The van der Waals surface area contributed by atoms with Crippen molar-refractivity contribution in [2.75, 3.05) is 0 Å². The minimum atomic E-state index is 0.117. The van der Waals surface area contributed by atoms with Crippen molar-refractivity contribution in [2.24, 2.45) is 0 Å². The molecule has 0 atom stereocenters. The van der Waals surface area contributed by atoms with Gasteiger partial charge in [-0.15, -0.1) is 0 Å². The van der Waals surface area contributed by atoms with Crippen molar-refractivity contribution in [2.45, 2.75) is 58.7 Å². The summed E-state index contributed by atoms with van der Waals surface area (Å²) in [5.41, 5.74) is 2.78. The molecule has 0 saturated heterocycles. The van der Waals surface area contributed by atoms with Gasteiger partial charge in [-0.1, -0.05) is 18.2 Å². The van der Waals surface area contributed by atoms with Crippen LogP contribution >= 0.6 is 0 Å². The average molecular weight is 283 g/mol. The van der Waals surface area contributed by atoms with Gasteiger partial charge in [-0.3, -0.25) is 0 Å². The van der Waals surface area contributed by atoms with Crippen LogP contribution < -0.4 is 5.32 Å². The number of aryl methyl sites for hydroxylation is 1. The van der Waals surface area contributed by atoms with Gasteiger partial charge in [-0.25, -0.2) is 0 Å². The number of nitrogens with zero attached hydrogens (tertiary/aromatic N) is 2. The molecule has 0 aliphatic carbocycles. The Bertz CT molecular complexity index is 626. The second-order valence-electron chi connectivity index (χ2n) is 6.58. The summed E-state index contributed by atoms with van der Waals surface area (Å²) in [6.45, 7) is 8.43. The topological polar surface area (TPSA) is 40.8 Å². The summed E-state index contributed by atoms with van der Waals surface area (Å²) >= 11 is 0. The standard InChI is InChI=1S/C18H25N3/c1-18(2,3)20-14-16-9-7-8-15-10-13-21(17(15)16)12-6-4-5-11-19/h7-10,13,20H,4-6,12,14H2,1-3H3. The van der Waals surface area contributed by atoms with Gasteiger partial charge in [0.05, 0.1) is 11.6 Å². The molecule has 0 radical (unpaired) electrons. The molecule has 112 valence electrons. The van der Waals surface area contributed by atoms with Crippen LogP contribution in [0.4, 0.5) is 0 Å².